The van der Waals surface area contributed by atoms with E-state index in [0.717, 1.165) is 22.4 Å². The van der Waals surface area contributed by atoms with Crippen molar-refractivity contribution in [2.24, 2.45) is 11.8 Å². The van der Waals surface area contributed by atoms with E-state index in [4.69, 9.17) is 27.2 Å². The zero-order valence-corrected chi connectivity index (χ0v) is 42.1. The van der Waals surface area contributed by atoms with Crippen LogP contribution in [-0.2, 0) is 67.7 Å². The number of rotatable bonds is 23. The number of morpholine rings is 1. The second-order valence-corrected chi connectivity index (χ2v) is 20.5. The fourth-order valence-corrected chi connectivity index (χ4v) is 8.04. The normalized spacial score (nSPS) is 17.4. The van der Waals surface area contributed by atoms with Crippen LogP contribution in [0.3, 0.4) is 0 Å². The second-order valence-electron chi connectivity index (χ2n) is 19.0. The van der Waals surface area contributed by atoms with Crippen LogP contribution in [0.1, 0.15) is 87.9 Å². The molecule has 2 fully saturated rings. The summed E-state index contributed by atoms with van der Waals surface area (Å²) >= 11 is 0. The molecule has 3 aromatic carbocycles. The van der Waals surface area contributed by atoms with Crippen LogP contribution in [0.15, 0.2) is 78.9 Å². The molecule has 70 heavy (non-hydrogen) atoms. The maximum Gasteiger partial charge on any atom is 0.308 e. The van der Waals surface area contributed by atoms with Crippen molar-refractivity contribution in [3.05, 3.63) is 101 Å². The van der Waals surface area contributed by atoms with Crippen molar-refractivity contribution in [1.82, 2.24) is 20.9 Å². The van der Waals surface area contributed by atoms with Gasteiger partial charge in [-0.25, -0.2) is 8.42 Å². The third-order valence-corrected chi connectivity index (χ3v) is 11.8. The van der Waals surface area contributed by atoms with E-state index in [2.05, 4.69) is 29.8 Å². The van der Waals surface area contributed by atoms with Gasteiger partial charge >= 0.3 is 5.97 Å². The number of carbonyl (C=O) groups is 7. The van der Waals surface area contributed by atoms with Crippen LogP contribution in [0.25, 0.3) is 0 Å². The maximum atomic E-state index is 15.1. The van der Waals surface area contributed by atoms with Crippen molar-refractivity contribution in [1.29, 1.82) is 0 Å². The van der Waals surface area contributed by atoms with Crippen LogP contribution in [0.5, 0.6) is 5.75 Å². The van der Waals surface area contributed by atoms with Gasteiger partial charge in [-0.3, -0.25) is 38.5 Å². The molecule has 0 radical (unpaired) electrons. The summed E-state index contributed by atoms with van der Waals surface area (Å²) in [6.07, 6.45) is 2.74. The number of imide groups is 1. The van der Waals surface area contributed by atoms with Gasteiger partial charge in [0.1, 0.15) is 43.5 Å². The zero-order valence-electron chi connectivity index (χ0n) is 41.3. The minimum atomic E-state index is -3.92. The highest BCUT2D eigenvalue weighted by molar-refractivity contribution is 7.84. The molecule has 3 aromatic rings. The van der Waals surface area contributed by atoms with E-state index in [0.29, 0.717) is 63.3 Å². The number of nitrogens with one attached hydrogen (secondary N) is 3. The van der Waals surface area contributed by atoms with Gasteiger partial charge in [0, 0.05) is 31.7 Å². The molecule has 0 bridgehead atoms. The summed E-state index contributed by atoms with van der Waals surface area (Å²) in [5.41, 5.74) is 1.23. The van der Waals surface area contributed by atoms with Crippen LogP contribution in [0.2, 0.25) is 0 Å². The van der Waals surface area contributed by atoms with E-state index in [1.807, 2.05) is 74.5 Å². The molecule has 2 aliphatic heterocycles. The predicted octanol–water partition coefficient (Wildman–Crippen LogP) is 3.50. The van der Waals surface area contributed by atoms with E-state index in [-0.39, 0.29) is 66.6 Å². The van der Waals surface area contributed by atoms with Gasteiger partial charge in [0.2, 0.25) is 17.7 Å². The number of epoxide rings is 1. The quantitative estimate of drug-likeness (QED) is 0.0308. The Balaban J connectivity index is 0.00000202. The molecule has 19 heteroatoms. The summed E-state index contributed by atoms with van der Waals surface area (Å²) in [4.78, 5) is 97.5. The van der Waals surface area contributed by atoms with Crippen LogP contribution >= 0.6 is 0 Å². The SMILES string of the molecule is CC(=O)Oc1ccc(C[N+]2(CC(=O)N(C(=O)[C@@]3(C)CO3)[C@@H](CCc3ccccc3)C(=O)N[C@@H](CC(C)C)C(=O)N[C@@H](Cc3ccccc3)C(=O)NCCC(C)C)CCOCC2)cc1C=O.CS(=O)(=O)[O-]. The van der Waals surface area contributed by atoms with E-state index in [1.165, 1.54) is 13.0 Å². The molecule has 0 unspecified atom stereocenters. The summed E-state index contributed by atoms with van der Waals surface area (Å²) in [6, 6.07) is 20.2. The molecule has 18 nitrogen and oxygen atoms in total. The fraction of sp³-hybridized carbons (Fsp3) is 0.510. The number of quaternary nitrogens is 1. The lowest BCUT2D eigenvalue weighted by atomic mass is 9.98. The van der Waals surface area contributed by atoms with Crippen molar-refractivity contribution < 1.29 is 65.2 Å². The number of hydrogen-bond acceptors (Lipinski definition) is 13. The van der Waals surface area contributed by atoms with Gasteiger partial charge in [0.15, 0.2) is 18.4 Å². The maximum absolute atomic E-state index is 15.1. The summed E-state index contributed by atoms with van der Waals surface area (Å²) < 4.78 is 43.9. The van der Waals surface area contributed by atoms with E-state index >= 15 is 4.79 Å². The predicted molar refractivity (Wildman–Crippen MR) is 259 cm³/mol. The van der Waals surface area contributed by atoms with Gasteiger partial charge in [-0.2, -0.15) is 0 Å². The van der Waals surface area contributed by atoms with Gasteiger partial charge < -0.3 is 39.2 Å². The fourth-order valence-electron chi connectivity index (χ4n) is 8.04. The smallest absolute Gasteiger partial charge is 0.308 e. The van der Waals surface area contributed by atoms with Crippen molar-refractivity contribution >= 4 is 51.9 Å². The Morgan fingerprint density at radius 3 is 1.96 bits per heavy atom. The lowest BCUT2D eigenvalue weighted by molar-refractivity contribution is -0.940. The average molecular weight is 992 g/mol. The van der Waals surface area contributed by atoms with Crippen molar-refractivity contribution in [3.8, 4) is 5.75 Å². The number of carbonyl (C=O) groups excluding carboxylic acids is 7. The molecular weight excluding hydrogens is 923 g/mol. The number of hydrogen-bond donors (Lipinski definition) is 3. The van der Waals surface area contributed by atoms with E-state index in [9.17, 15) is 28.8 Å². The van der Waals surface area contributed by atoms with Crippen LogP contribution < -0.4 is 20.7 Å². The van der Waals surface area contributed by atoms with Crippen LogP contribution in [0, 0.1) is 11.8 Å². The second kappa shape index (κ2) is 26.4. The minimum Gasteiger partial charge on any atom is -0.748 e. The Bertz CT molecular complexity index is 2360. The van der Waals surface area contributed by atoms with E-state index < -0.39 is 63.4 Å². The summed E-state index contributed by atoms with van der Waals surface area (Å²) in [5.74, 6) is -3.06. The number of nitrogens with zero attached hydrogens (tertiary/aromatic N) is 2. The Labute approximate surface area is 411 Å². The Morgan fingerprint density at radius 1 is 0.829 bits per heavy atom. The highest BCUT2D eigenvalue weighted by atomic mass is 32.2. The first-order chi connectivity index (χ1) is 33.0. The molecule has 3 N–H and O–H groups in total. The summed E-state index contributed by atoms with van der Waals surface area (Å²) in [7, 11) is -3.92. The number of esters is 1. The van der Waals surface area contributed by atoms with Gasteiger partial charge in [-0.05, 0) is 73.8 Å². The Morgan fingerprint density at radius 2 is 1.41 bits per heavy atom. The van der Waals surface area contributed by atoms with Gasteiger partial charge in [0.05, 0.1) is 35.5 Å². The molecule has 2 saturated heterocycles. The highest BCUT2D eigenvalue weighted by Gasteiger charge is 2.54. The molecule has 0 aromatic heterocycles. The molecule has 2 aliphatic rings. The molecule has 382 valence electrons. The molecule has 4 atom stereocenters. The molecule has 5 amide bonds. The lowest BCUT2D eigenvalue weighted by Gasteiger charge is -2.42. The summed E-state index contributed by atoms with van der Waals surface area (Å²) in [6.45, 7) is 12.7. The molecular formula is C51H69N5O13S. The Kier molecular flexibility index (Phi) is 21.4. The number of amides is 5. The van der Waals surface area contributed by atoms with Crippen molar-refractivity contribution in [2.45, 2.75) is 104 Å². The first-order valence-corrected chi connectivity index (χ1v) is 25.4. The molecule has 5 rings (SSSR count). The average Bonchev–Trinajstić information content (AvgIpc) is 4.05. The van der Waals surface area contributed by atoms with Gasteiger partial charge in [-0.15, -0.1) is 0 Å². The minimum absolute atomic E-state index is 0.0394. The third-order valence-electron chi connectivity index (χ3n) is 11.8. The van der Waals surface area contributed by atoms with Crippen LogP contribution in [-0.4, -0.2) is 140 Å². The monoisotopic (exact) mass is 991 g/mol. The standard InChI is InChI=1S/C50H65N5O10.CH4O3S/c1-34(2)21-22-51-46(59)42(29-38-15-11-8-12-16-38)52-47(60)41(27-35(3)4)53-48(61)43(19-17-37-13-9-7-10-14-37)54(49(62)50(6)33-64-50)45(58)31-55(23-25-63-26-24-55)30-39-18-20-44(65-36(5)57)40(28-39)32-56;1-5(2,3)4/h7-16,18,20,28,32,34-35,41-43H,17,19,21-27,29-31,33H2,1-6H3,(H2-,51,52,53,59,60,61);1H3,(H,2,3,4)/t41-,42-,43-,50+;/m0./s1. The Hall–Kier alpha value is -5.86. The highest BCUT2D eigenvalue weighted by Crippen LogP contribution is 2.31. The number of benzene rings is 3. The van der Waals surface area contributed by atoms with Gasteiger partial charge in [0.25, 0.3) is 11.8 Å². The van der Waals surface area contributed by atoms with Crippen LogP contribution in [0.4, 0.5) is 0 Å². The number of aryl methyl sites for hydroxylation is 1. The topological polar surface area (TPSA) is 247 Å². The molecule has 0 spiro atoms. The number of ether oxygens (including phenoxy) is 3. The third kappa shape index (κ3) is 18.8. The largest absolute Gasteiger partial charge is 0.748 e. The van der Waals surface area contributed by atoms with E-state index in [1.54, 1.807) is 19.1 Å². The first-order valence-electron chi connectivity index (χ1n) is 23.6. The van der Waals surface area contributed by atoms with Gasteiger partial charge in [-0.1, -0.05) is 88.4 Å². The molecule has 2 heterocycles. The van der Waals surface area contributed by atoms with Crippen molar-refractivity contribution in [3.63, 3.8) is 0 Å². The summed E-state index contributed by atoms with van der Waals surface area (Å²) in [5, 5.41) is 8.82. The van der Waals surface area contributed by atoms with Crippen molar-refractivity contribution in [2.75, 3.05) is 52.3 Å². The first kappa shape index (κ1) is 56.7. The lowest BCUT2D eigenvalue weighted by Crippen LogP contribution is -2.64. The number of aldehydes is 1. The zero-order chi connectivity index (χ0) is 51.6. The molecule has 0 aliphatic carbocycles. The molecule has 0 saturated carbocycles.